The van der Waals surface area contributed by atoms with Crippen LogP contribution in [0.25, 0.3) is 0 Å². The van der Waals surface area contributed by atoms with Gasteiger partial charge in [-0.2, -0.15) is 0 Å². The standard InChI is InChI=1S/C12H17NO3/c1-9(2)8-16-12(15)13(3)10-4-6-11(14)7-5-10/h4-7,9,14H,8H2,1-3H3. The molecule has 0 fully saturated rings. The Morgan fingerprint density at radius 3 is 2.44 bits per heavy atom. The van der Waals surface area contributed by atoms with E-state index in [4.69, 9.17) is 9.84 Å². The van der Waals surface area contributed by atoms with Crippen LogP contribution in [0.3, 0.4) is 0 Å². The number of carbonyl (C=O) groups excluding carboxylic acids is 1. The fourth-order valence-electron chi connectivity index (χ4n) is 1.12. The molecule has 1 amide bonds. The summed E-state index contributed by atoms with van der Waals surface area (Å²) in [6, 6.07) is 6.38. The van der Waals surface area contributed by atoms with Gasteiger partial charge in [0, 0.05) is 12.7 Å². The van der Waals surface area contributed by atoms with Gasteiger partial charge in [0.1, 0.15) is 5.75 Å². The van der Waals surface area contributed by atoms with Gasteiger partial charge in [0.15, 0.2) is 0 Å². The predicted molar refractivity (Wildman–Crippen MR) is 62.7 cm³/mol. The molecule has 0 spiro atoms. The lowest BCUT2D eigenvalue weighted by atomic mass is 10.2. The first kappa shape index (κ1) is 12.4. The van der Waals surface area contributed by atoms with E-state index < -0.39 is 0 Å². The van der Waals surface area contributed by atoms with Crippen molar-refractivity contribution in [2.75, 3.05) is 18.6 Å². The van der Waals surface area contributed by atoms with Crippen LogP contribution in [0.4, 0.5) is 10.5 Å². The first-order valence-electron chi connectivity index (χ1n) is 5.20. The van der Waals surface area contributed by atoms with Crippen molar-refractivity contribution < 1.29 is 14.6 Å². The largest absolute Gasteiger partial charge is 0.508 e. The lowest BCUT2D eigenvalue weighted by molar-refractivity contribution is 0.141. The van der Waals surface area contributed by atoms with Crippen molar-refractivity contribution >= 4 is 11.8 Å². The zero-order valence-electron chi connectivity index (χ0n) is 9.80. The van der Waals surface area contributed by atoms with Crippen LogP contribution in [0.5, 0.6) is 5.75 Å². The highest BCUT2D eigenvalue weighted by Gasteiger charge is 2.12. The van der Waals surface area contributed by atoms with Crippen LogP contribution in [0.1, 0.15) is 13.8 Å². The number of phenols is 1. The van der Waals surface area contributed by atoms with Crippen LogP contribution in [-0.2, 0) is 4.74 Å². The Morgan fingerprint density at radius 2 is 1.94 bits per heavy atom. The molecular formula is C12H17NO3. The van der Waals surface area contributed by atoms with E-state index in [9.17, 15) is 4.79 Å². The lowest BCUT2D eigenvalue weighted by Crippen LogP contribution is -2.28. The molecule has 0 unspecified atom stereocenters. The summed E-state index contributed by atoms with van der Waals surface area (Å²) in [5, 5.41) is 9.12. The Hall–Kier alpha value is -1.71. The van der Waals surface area contributed by atoms with E-state index in [0.29, 0.717) is 18.2 Å². The van der Waals surface area contributed by atoms with Gasteiger partial charge < -0.3 is 9.84 Å². The molecule has 0 aromatic heterocycles. The minimum Gasteiger partial charge on any atom is -0.508 e. The van der Waals surface area contributed by atoms with Crippen molar-refractivity contribution in [1.82, 2.24) is 0 Å². The maximum absolute atomic E-state index is 11.6. The Bertz CT molecular complexity index is 346. The van der Waals surface area contributed by atoms with Crippen molar-refractivity contribution in [2.24, 2.45) is 5.92 Å². The SMILES string of the molecule is CC(C)COC(=O)N(C)c1ccc(O)cc1. The van der Waals surface area contributed by atoms with Crippen LogP contribution < -0.4 is 4.90 Å². The molecule has 1 N–H and O–H groups in total. The highest BCUT2D eigenvalue weighted by molar-refractivity contribution is 5.86. The van der Waals surface area contributed by atoms with Gasteiger partial charge in [0.05, 0.1) is 6.61 Å². The Labute approximate surface area is 95.5 Å². The maximum Gasteiger partial charge on any atom is 0.414 e. The summed E-state index contributed by atoms with van der Waals surface area (Å²) in [6.45, 7) is 4.36. The Kier molecular flexibility index (Phi) is 4.17. The smallest absolute Gasteiger partial charge is 0.414 e. The van der Waals surface area contributed by atoms with E-state index in [1.165, 1.54) is 17.0 Å². The molecule has 0 heterocycles. The third kappa shape index (κ3) is 3.46. The lowest BCUT2D eigenvalue weighted by Gasteiger charge is -2.17. The van der Waals surface area contributed by atoms with Crippen molar-refractivity contribution in [1.29, 1.82) is 0 Å². The first-order valence-corrected chi connectivity index (χ1v) is 5.20. The highest BCUT2D eigenvalue weighted by Crippen LogP contribution is 2.17. The number of phenolic OH excluding ortho intramolecular Hbond substituents is 1. The molecular weight excluding hydrogens is 206 g/mol. The predicted octanol–water partition coefficient (Wildman–Crippen LogP) is 2.62. The van der Waals surface area contributed by atoms with Gasteiger partial charge in [-0.15, -0.1) is 0 Å². The number of carbonyl (C=O) groups is 1. The summed E-state index contributed by atoms with van der Waals surface area (Å²) >= 11 is 0. The number of ether oxygens (including phenoxy) is 1. The summed E-state index contributed by atoms with van der Waals surface area (Å²) in [6.07, 6.45) is -0.389. The van der Waals surface area contributed by atoms with E-state index in [2.05, 4.69) is 0 Å². The second-order valence-corrected chi connectivity index (χ2v) is 4.05. The maximum atomic E-state index is 11.6. The Balaban J connectivity index is 2.59. The topological polar surface area (TPSA) is 49.8 Å². The third-order valence-corrected chi connectivity index (χ3v) is 2.05. The number of nitrogens with zero attached hydrogens (tertiary/aromatic N) is 1. The van der Waals surface area contributed by atoms with Crippen molar-refractivity contribution in [3.8, 4) is 5.75 Å². The highest BCUT2D eigenvalue weighted by atomic mass is 16.6. The number of hydrogen-bond acceptors (Lipinski definition) is 3. The van der Waals surface area contributed by atoms with Crippen LogP contribution in [0.2, 0.25) is 0 Å². The molecule has 0 atom stereocenters. The van der Waals surface area contributed by atoms with Gasteiger partial charge in [0.2, 0.25) is 0 Å². The zero-order valence-corrected chi connectivity index (χ0v) is 9.80. The average Bonchev–Trinajstić information content (AvgIpc) is 2.26. The number of aromatic hydroxyl groups is 1. The molecule has 0 aliphatic carbocycles. The van der Waals surface area contributed by atoms with Gasteiger partial charge in [-0.05, 0) is 30.2 Å². The second-order valence-electron chi connectivity index (χ2n) is 4.05. The molecule has 88 valence electrons. The van der Waals surface area contributed by atoms with Crippen LogP contribution >= 0.6 is 0 Å². The summed E-state index contributed by atoms with van der Waals surface area (Å²) in [4.78, 5) is 13.0. The van der Waals surface area contributed by atoms with E-state index in [-0.39, 0.29) is 11.8 Å². The zero-order chi connectivity index (χ0) is 12.1. The monoisotopic (exact) mass is 223 g/mol. The van der Waals surface area contributed by atoms with Crippen LogP contribution in [-0.4, -0.2) is 24.9 Å². The fourth-order valence-corrected chi connectivity index (χ4v) is 1.12. The molecule has 0 radical (unpaired) electrons. The number of benzene rings is 1. The van der Waals surface area contributed by atoms with Gasteiger partial charge in [-0.3, -0.25) is 4.90 Å². The number of rotatable bonds is 3. The fraction of sp³-hybridized carbons (Fsp3) is 0.417. The van der Waals surface area contributed by atoms with Crippen molar-refractivity contribution in [3.63, 3.8) is 0 Å². The average molecular weight is 223 g/mol. The summed E-state index contributed by atoms with van der Waals surface area (Å²) in [5.74, 6) is 0.491. The molecule has 0 bridgehead atoms. The van der Waals surface area contributed by atoms with Crippen LogP contribution in [0, 0.1) is 5.92 Å². The van der Waals surface area contributed by atoms with E-state index in [0.717, 1.165) is 0 Å². The molecule has 4 heteroatoms. The van der Waals surface area contributed by atoms with Crippen molar-refractivity contribution in [3.05, 3.63) is 24.3 Å². The van der Waals surface area contributed by atoms with Gasteiger partial charge in [-0.1, -0.05) is 13.8 Å². The number of amides is 1. The van der Waals surface area contributed by atoms with Crippen molar-refractivity contribution in [2.45, 2.75) is 13.8 Å². The molecule has 1 aromatic carbocycles. The second kappa shape index (κ2) is 5.39. The van der Waals surface area contributed by atoms with Gasteiger partial charge in [-0.25, -0.2) is 4.79 Å². The first-order chi connectivity index (χ1) is 7.50. The molecule has 4 nitrogen and oxygen atoms in total. The van der Waals surface area contributed by atoms with Gasteiger partial charge in [0.25, 0.3) is 0 Å². The molecule has 1 aromatic rings. The van der Waals surface area contributed by atoms with E-state index in [1.807, 2.05) is 13.8 Å². The molecule has 0 saturated carbocycles. The summed E-state index contributed by atoms with van der Waals surface area (Å²) in [5.41, 5.74) is 0.687. The normalized spacial score (nSPS) is 10.2. The molecule has 0 aliphatic rings. The molecule has 0 saturated heterocycles. The third-order valence-electron chi connectivity index (χ3n) is 2.05. The minimum atomic E-state index is -0.389. The number of hydrogen-bond donors (Lipinski definition) is 1. The summed E-state index contributed by atoms with van der Waals surface area (Å²) in [7, 11) is 1.63. The summed E-state index contributed by atoms with van der Waals surface area (Å²) < 4.78 is 5.07. The van der Waals surface area contributed by atoms with E-state index in [1.54, 1.807) is 19.2 Å². The molecule has 1 rings (SSSR count). The van der Waals surface area contributed by atoms with Crippen LogP contribution in [0.15, 0.2) is 24.3 Å². The van der Waals surface area contributed by atoms with E-state index >= 15 is 0 Å². The quantitative estimate of drug-likeness (QED) is 0.856. The minimum absolute atomic E-state index is 0.174. The molecule has 16 heavy (non-hydrogen) atoms. The number of anilines is 1. The Morgan fingerprint density at radius 1 is 1.38 bits per heavy atom. The van der Waals surface area contributed by atoms with Gasteiger partial charge >= 0.3 is 6.09 Å². The molecule has 0 aliphatic heterocycles.